The molecule has 1 aliphatic rings. The van der Waals surface area contributed by atoms with Crippen LogP contribution in [0.3, 0.4) is 0 Å². The van der Waals surface area contributed by atoms with Gasteiger partial charge in [0.15, 0.2) is 0 Å². The first-order chi connectivity index (χ1) is 8.31. The first kappa shape index (κ1) is 10.6. The zero-order valence-corrected chi connectivity index (χ0v) is 10.2. The van der Waals surface area contributed by atoms with Gasteiger partial charge in [-0.1, -0.05) is 31.9 Å². The van der Waals surface area contributed by atoms with E-state index in [1.807, 2.05) is 18.2 Å². The molecule has 0 amide bonds. The summed E-state index contributed by atoms with van der Waals surface area (Å²) in [4.78, 5) is 7.90. The van der Waals surface area contributed by atoms with Crippen molar-refractivity contribution in [1.29, 1.82) is 0 Å². The Labute approximate surface area is 102 Å². The summed E-state index contributed by atoms with van der Waals surface area (Å²) >= 11 is 0. The fraction of sp³-hybridized carbons (Fsp3) is 0.500. The number of para-hydroxylation sites is 2. The molecular weight excluding hydrogens is 210 g/mol. The van der Waals surface area contributed by atoms with Gasteiger partial charge in [0.2, 0.25) is 5.95 Å². The second kappa shape index (κ2) is 4.40. The Kier molecular flexibility index (Phi) is 2.75. The van der Waals surface area contributed by atoms with Crippen LogP contribution in [0, 0.1) is 5.92 Å². The highest BCUT2D eigenvalue weighted by Gasteiger charge is 2.19. The van der Waals surface area contributed by atoms with Gasteiger partial charge in [0.1, 0.15) is 0 Å². The monoisotopic (exact) mass is 229 g/mol. The van der Waals surface area contributed by atoms with Crippen molar-refractivity contribution >= 4 is 17.0 Å². The molecule has 2 aromatic rings. The predicted molar refractivity (Wildman–Crippen MR) is 71.1 cm³/mol. The van der Waals surface area contributed by atoms with Crippen molar-refractivity contribution in [2.45, 2.75) is 38.6 Å². The van der Waals surface area contributed by atoms with E-state index in [0.29, 0.717) is 6.04 Å². The maximum Gasteiger partial charge on any atom is 0.201 e. The molecule has 3 nitrogen and oxygen atoms in total. The Morgan fingerprint density at radius 2 is 2.18 bits per heavy atom. The van der Waals surface area contributed by atoms with E-state index in [0.717, 1.165) is 22.9 Å². The zero-order chi connectivity index (χ0) is 11.7. The Bertz CT molecular complexity index is 470. The number of rotatable bonds is 2. The summed E-state index contributed by atoms with van der Waals surface area (Å²) < 4.78 is 0. The molecule has 1 aromatic carbocycles. The van der Waals surface area contributed by atoms with Crippen LogP contribution >= 0.6 is 0 Å². The minimum Gasteiger partial charge on any atom is -0.353 e. The average molecular weight is 229 g/mol. The summed E-state index contributed by atoms with van der Waals surface area (Å²) in [7, 11) is 0. The molecule has 1 aliphatic carbocycles. The van der Waals surface area contributed by atoms with E-state index in [9.17, 15) is 0 Å². The van der Waals surface area contributed by atoms with Crippen LogP contribution in [0.2, 0.25) is 0 Å². The van der Waals surface area contributed by atoms with Crippen molar-refractivity contribution in [3.05, 3.63) is 24.3 Å². The van der Waals surface area contributed by atoms with E-state index < -0.39 is 0 Å². The van der Waals surface area contributed by atoms with Crippen LogP contribution in [0.4, 0.5) is 5.95 Å². The second-order valence-electron chi connectivity index (χ2n) is 5.22. The van der Waals surface area contributed by atoms with Gasteiger partial charge in [-0.3, -0.25) is 0 Å². The molecule has 2 atom stereocenters. The molecule has 0 aliphatic heterocycles. The highest BCUT2D eigenvalue weighted by atomic mass is 15.1. The van der Waals surface area contributed by atoms with Crippen molar-refractivity contribution in [2.75, 3.05) is 5.32 Å². The molecule has 0 spiro atoms. The molecule has 1 heterocycles. The third kappa shape index (κ3) is 2.28. The van der Waals surface area contributed by atoms with Crippen LogP contribution in [-0.4, -0.2) is 16.0 Å². The first-order valence-corrected chi connectivity index (χ1v) is 6.52. The summed E-state index contributed by atoms with van der Waals surface area (Å²) in [6.07, 6.45) is 5.23. The van der Waals surface area contributed by atoms with Crippen molar-refractivity contribution in [3.8, 4) is 0 Å². The molecular formula is C14H19N3. The number of hydrogen-bond donors (Lipinski definition) is 2. The van der Waals surface area contributed by atoms with Gasteiger partial charge < -0.3 is 10.3 Å². The second-order valence-corrected chi connectivity index (χ2v) is 5.22. The smallest absolute Gasteiger partial charge is 0.201 e. The Morgan fingerprint density at radius 1 is 1.29 bits per heavy atom. The van der Waals surface area contributed by atoms with Crippen molar-refractivity contribution < 1.29 is 0 Å². The van der Waals surface area contributed by atoms with Gasteiger partial charge in [0.25, 0.3) is 0 Å². The van der Waals surface area contributed by atoms with Gasteiger partial charge in [-0.25, -0.2) is 4.98 Å². The van der Waals surface area contributed by atoms with Crippen molar-refractivity contribution in [2.24, 2.45) is 5.92 Å². The molecule has 1 fully saturated rings. The van der Waals surface area contributed by atoms with Gasteiger partial charge in [-0.05, 0) is 30.9 Å². The molecule has 1 aromatic heterocycles. The van der Waals surface area contributed by atoms with E-state index in [2.05, 4.69) is 28.3 Å². The predicted octanol–water partition coefficient (Wildman–Crippen LogP) is 3.55. The zero-order valence-electron chi connectivity index (χ0n) is 10.2. The molecule has 1 saturated carbocycles. The fourth-order valence-corrected chi connectivity index (χ4v) is 2.78. The molecule has 2 N–H and O–H groups in total. The number of benzene rings is 1. The number of H-pyrrole nitrogens is 1. The van der Waals surface area contributed by atoms with E-state index in [-0.39, 0.29) is 0 Å². The Hall–Kier alpha value is -1.51. The van der Waals surface area contributed by atoms with Crippen molar-refractivity contribution in [3.63, 3.8) is 0 Å². The lowest BCUT2D eigenvalue weighted by Crippen LogP contribution is -2.26. The van der Waals surface area contributed by atoms with Crippen LogP contribution in [0.5, 0.6) is 0 Å². The van der Waals surface area contributed by atoms with Crippen LogP contribution in [0.15, 0.2) is 24.3 Å². The summed E-state index contributed by atoms with van der Waals surface area (Å²) in [6, 6.07) is 8.75. The van der Waals surface area contributed by atoms with Gasteiger partial charge >= 0.3 is 0 Å². The van der Waals surface area contributed by atoms with E-state index in [1.54, 1.807) is 0 Å². The molecule has 3 rings (SSSR count). The van der Waals surface area contributed by atoms with Crippen LogP contribution < -0.4 is 5.32 Å². The fourth-order valence-electron chi connectivity index (χ4n) is 2.78. The third-order valence-electron chi connectivity index (χ3n) is 3.67. The number of aromatic amines is 1. The van der Waals surface area contributed by atoms with E-state index in [1.165, 1.54) is 25.7 Å². The van der Waals surface area contributed by atoms with E-state index in [4.69, 9.17) is 0 Å². The van der Waals surface area contributed by atoms with Gasteiger partial charge in [-0.2, -0.15) is 0 Å². The lowest BCUT2D eigenvalue weighted by atomic mass is 9.87. The molecule has 17 heavy (non-hydrogen) atoms. The third-order valence-corrected chi connectivity index (χ3v) is 3.67. The number of fused-ring (bicyclic) bond motifs is 1. The van der Waals surface area contributed by atoms with Gasteiger partial charge in [-0.15, -0.1) is 0 Å². The van der Waals surface area contributed by atoms with E-state index >= 15 is 0 Å². The molecule has 0 radical (unpaired) electrons. The summed E-state index contributed by atoms with van der Waals surface area (Å²) in [5, 5.41) is 3.53. The minimum absolute atomic E-state index is 0.583. The quantitative estimate of drug-likeness (QED) is 0.826. The summed E-state index contributed by atoms with van der Waals surface area (Å²) in [5.74, 6) is 1.76. The summed E-state index contributed by atoms with van der Waals surface area (Å²) in [5.41, 5.74) is 2.15. The first-order valence-electron chi connectivity index (χ1n) is 6.52. The lowest BCUT2D eigenvalue weighted by molar-refractivity contribution is 0.358. The molecule has 0 saturated heterocycles. The molecule has 2 unspecified atom stereocenters. The average Bonchev–Trinajstić information content (AvgIpc) is 2.71. The SMILES string of the molecule is CC1CCCC(Nc2nc3ccccc3[nH]2)C1. The maximum atomic E-state index is 4.57. The van der Waals surface area contributed by atoms with Gasteiger partial charge in [0, 0.05) is 6.04 Å². The Balaban J connectivity index is 1.75. The number of imidazole rings is 1. The highest BCUT2D eigenvalue weighted by molar-refractivity contribution is 5.77. The normalized spacial score (nSPS) is 25.0. The van der Waals surface area contributed by atoms with Crippen LogP contribution in [0.1, 0.15) is 32.6 Å². The maximum absolute atomic E-state index is 4.57. The Morgan fingerprint density at radius 3 is 3.00 bits per heavy atom. The molecule has 90 valence electrons. The van der Waals surface area contributed by atoms with Crippen LogP contribution in [-0.2, 0) is 0 Å². The number of anilines is 1. The highest BCUT2D eigenvalue weighted by Crippen LogP contribution is 2.26. The van der Waals surface area contributed by atoms with Crippen molar-refractivity contribution in [1.82, 2.24) is 9.97 Å². The minimum atomic E-state index is 0.583. The molecule has 3 heteroatoms. The van der Waals surface area contributed by atoms with Gasteiger partial charge in [0.05, 0.1) is 11.0 Å². The molecule has 0 bridgehead atoms. The number of hydrogen-bond acceptors (Lipinski definition) is 2. The standard InChI is InChI=1S/C14H19N3/c1-10-5-4-6-11(9-10)15-14-16-12-7-2-3-8-13(12)17-14/h2-3,7-8,10-11H,4-6,9H2,1H3,(H2,15,16,17). The number of aromatic nitrogens is 2. The number of nitrogens with one attached hydrogen (secondary N) is 2. The largest absolute Gasteiger partial charge is 0.353 e. The van der Waals surface area contributed by atoms with Crippen LogP contribution in [0.25, 0.3) is 11.0 Å². The summed E-state index contributed by atoms with van der Waals surface area (Å²) in [6.45, 7) is 2.34. The topological polar surface area (TPSA) is 40.7 Å². The number of nitrogens with zero attached hydrogens (tertiary/aromatic N) is 1. The lowest BCUT2D eigenvalue weighted by Gasteiger charge is -2.27.